The molecule has 1 aliphatic heterocycles. The van der Waals surface area contributed by atoms with Crippen LogP contribution in [0.4, 0.5) is 0 Å². The number of nitrogens with zero attached hydrogens (tertiary/aromatic N) is 3. The van der Waals surface area contributed by atoms with Gasteiger partial charge in [0.1, 0.15) is 10.7 Å². The number of nitrogens with one attached hydrogen (secondary N) is 1. The molecule has 2 heterocycles. The van der Waals surface area contributed by atoms with Crippen LogP contribution < -0.4 is 5.32 Å². The average molecular weight is 817 g/mol. The highest BCUT2D eigenvalue weighted by Gasteiger charge is 2.39. The van der Waals surface area contributed by atoms with Gasteiger partial charge < -0.3 is 20.1 Å². The number of benzene rings is 2. The predicted molar refractivity (Wildman–Crippen MR) is 227 cm³/mol. The Labute approximate surface area is 348 Å². The number of likely N-dealkylation sites (tertiary alicyclic amines) is 1. The van der Waals surface area contributed by atoms with E-state index in [-0.39, 0.29) is 54.5 Å². The number of aryl methyl sites for hydroxylation is 1. The summed E-state index contributed by atoms with van der Waals surface area (Å²) in [5, 5.41) is 14.7. The van der Waals surface area contributed by atoms with Crippen molar-refractivity contribution in [3.8, 4) is 0 Å². The van der Waals surface area contributed by atoms with Crippen LogP contribution in [0.3, 0.4) is 0 Å². The number of likely N-dealkylation sites (N-methyl/N-ethyl adjacent to an activating group) is 1. The minimum Gasteiger partial charge on any atom is -0.481 e. The molecule has 12 heteroatoms. The summed E-state index contributed by atoms with van der Waals surface area (Å²) in [6, 6.07) is 16.6. The highest BCUT2D eigenvalue weighted by atomic mass is 32.1. The Morgan fingerprint density at radius 2 is 1.67 bits per heavy atom. The molecule has 2 N–H and O–H groups in total. The van der Waals surface area contributed by atoms with Crippen LogP contribution in [0.1, 0.15) is 125 Å². The van der Waals surface area contributed by atoms with Crippen molar-refractivity contribution in [1.82, 2.24) is 20.1 Å². The maximum atomic E-state index is 15.0. The number of carbonyl (C=O) groups excluding carboxylic acids is 4. The number of ether oxygens (including phenoxy) is 1. The highest BCUT2D eigenvalue weighted by molar-refractivity contribution is 7.09. The quantitative estimate of drug-likeness (QED) is 0.102. The number of hydrogen-bond acceptors (Lipinski definition) is 9. The number of carbonyl (C=O) groups is 5. The second-order valence-corrected chi connectivity index (χ2v) is 17.5. The van der Waals surface area contributed by atoms with Crippen LogP contribution in [0.2, 0.25) is 0 Å². The number of Topliss-reactive ketones (excluding diaryl/α,β-unsaturated/α-hetero) is 1. The van der Waals surface area contributed by atoms with Gasteiger partial charge in [0.15, 0.2) is 11.9 Å². The molecular formula is C46H64N4O7S. The molecule has 1 saturated heterocycles. The van der Waals surface area contributed by atoms with Crippen molar-refractivity contribution >= 4 is 40.9 Å². The number of hydrogen-bond donors (Lipinski definition) is 2. The Hall–Kier alpha value is -4.42. The smallest absolute Gasteiger partial charge is 0.306 e. The molecular weight excluding hydrogens is 753 g/mol. The van der Waals surface area contributed by atoms with Gasteiger partial charge in [-0.25, -0.2) is 4.98 Å². The van der Waals surface area contributed by atoms with Gasteiger partial charge in [-0.1, -0.05) is 108 Å². The molecule has 1 aromatic heterocycles. The van der Waals surface area contributed by atoms with E-state index in [1.807, 2.05) is 101 Å². The topological polar surface area (TPSA) is 146 Å². The van der Waals surface area contributed by atoms with Crippen LogP contribution in [0.15, 0.2) is 60.0 Å². The average Bonchev–Trinajstić information content (AvgIpc) is 3.69. The number of amides is 2. The lowest BCUT2D eigenvalue weighted by atomic mass is 9.82. The van der Waals surface area contributed by atoms with Gasteiger partial charge in [0, 0.05) is 49.7 Å². The first-order valence-corrected chi connectivity index (χ1v) is 21.7. The van der Waals surface area contributed by atoms with Crippen molar-refractivity contribution < 1.29 is 33.8 Å². The van der Waals surface area contributed by atoms with E-state index in [4.69, 9.17) is 4.74 Å². The lowest BCUT2D eigenvalue weighted by molar-refractivity contribution is -0.150. The number of rotatable bonds is 21. The number of piperidine rings is 1. The minimum absolute atomic E-state index is 0.0472. The first kappa shape index (κ1) is 46.3. The summed E-state index contributed by atoms with van der Waals surface area (Å²) in [6.45, 7) is 14.3. The molecule has 0 spiro atoms. The lowest BCUT2D eigenvalue weighted by Crippen LogP contribution is -2.49. The number of thiazole rings is 1. The van der Waals surface area contributed by atoms with Crippen molar-refractivity contribution in [2.45, 2.75) is 131 Å². The van der Waals surface area contributed by atoms with Crippen molar-refractivity contribution in [3.05, 3.63) is 87.4 Å². The first-order chi connectivity index (χ1) is 27.6. The van der Waals surface area contributed by atoms with Crippen LogP contribution in [-0.4, -0.2) is 81.1 Å². The molecule has 1 fully saturated rings. The summed E-state index contributed by atoms with van der Waals surface area (Å²) in [4.78, 5) is 75.8. The maximum absolute atomic E-state index is 15.0. The summed E-state index contributed by atoms with van der Waals surface area (Å²) < 4.78 is 5.94. The van der Waals surface area contributed by atoms with Crippen LogP contribution in [0.25, 0.3) is 0 Å². The van der Waals surface area contributed by atoms with E-state index < -0.39 is 47.9 Å². The Morgan fingerprint density at radius 3 is 2.28 bits per heavy atom. The van der Waals surface area contributed by atoms with Crippen molar-refractivity contribution in [2.24, 2.45) is 23.7 Å². The zero-order valence-corrected chi connectivity index (χ0v) is 36.4. The van der Waals surface area contributed by atoms with Crippen LogP contribution in [0, 0.1) is 30.6 Å². The van der Waals surface area contributed by atoms with Gasteiger partial charge in [-0.05, 0) is 69.2 Å². The van der Waals surface area contributed by atoms with Crippen LogP contribution >= 0.6 is 11.3 Å². The molecule has 2 aromatic carbocycles. The molecule has 11 nitrogen and oxygen atoms in total. The fourth-order valence-corrected chi connectivity index (χ4v) is 8.75. The van der Waals surface area contributed by atoms with Crippen LogP contribution in [0.5, 0.6) is 0 Å². The Morgan fingerprint density at radius 1 is 0.983 bits per heavy atom. The van der Waals surface area contributed by atoms with Crippen molar-refractivity contribution in [2.75, 3.05) is 13.6 Å². The largest absolute Gasteiger partial charge is 0.481 e. The third kappa shape index (κ3) is 13.3. The van der Waals surface area contributed by atoms with Crippen molar-refractivity contribution in [1.29, 1.82) is 0 Å². The molecule has 0 unspecified atom stereocenters. The monoisotopic (exact) mass is 816 g/mol. The normalized spacial score (nSPS) is 17.7. The molecule has 4 rings (SSSR count). The summed E-state index contributed by atoms with van der Waals surface area (Å²) in [6.07, 6.45) is 3.78. The standard InChI is InChI=1S/C46H64N4O7S/c1-9-31(5)37(25-41(52)39-17-13-14-22-49(39)8)45(54)50(27-35-15-11-10-12-16-35)40(29(2)3)26-42(57-33(7)51)44-48-38(28-58-44)43(53)47-36(23-32(6)46(55)56)24-34-20-18-30(4)19-21-34/h10-12,15-16,18-21,28-29,31-32,36-37,39-40,42H,9,13-14,17,22-27H2,1-8H3,(H,47,53)(H,55,56)/t31-,32-,36+,37-,39+,40+,42+/m0/s1. The Kier molecular flexibility index (Phi) is 17.6. The molecule has 1 aliphatic rings. The molecule has 0 aliphatic carbocycles. The maximum Gasteiger partial charge on any atom is 0.306 e. The number of carboxylic acids is 1. The van der Waals surface area contributed by atoms with E-state index in [0.717, 1.165) is 48.9 Å². The number of ketones is 1. The molecule has 0 bridgehead atoms. The van der Waals surface area contributed by atoms with Gasteiger partial charge in [-0.3, -0.25) is 28.9 Å². The molecule has 0 saturated carbocycles. The SMILES string of the molecule is CC[C@H](C)[C@H](CC(=O)[C@H]1CCCCN1C)C(=O)N(Cc1ccccc1)[C@H](C[C@@H](OC(C)=O)c1nc(C(=O)N[C@@H](Cc2ccc(C)cc2)C[C@H](C)C(=O)O)cs1)C(C)C. The van der Waals surface area contributed by atoms with E-state index in [1.165, 1.54) is 18.3 Å². The van der Waals surface area contributed by atoms with Gasteiger partial charge in [0.2, 0.25) is 5.91 Å². The fraction of sp³-hybridized carbons (Fsp3) is 0.565. The van der Waals surface area contributed by atoms with E-state index in [2.05, 4.69) is 15.2 Å². The van der Waals surface area contributed by atoms with Crippen LogP contribution in [-0.2, 0) is 36.9 Å². The minimum atomic E-state index is -0.943. The molecule has 0 radical (unpaired) electrons. The molecule has 58 heavy (non-hydrogen) atoms. The predicted octanol–water partition coefficient (Wildman–Crippen LogP) is 8.06. The second-order valence-electron chi connectivity index (χ2n) is 16.7. The number of aromatic nitrogens is 1. The molecule has 2 amide bonds. The number of esters is 1. The molecule has 3 aromatic rings. The fourth-order valence-electron chi connectivity index (χ4n) is 7.91. The van der Waals surface area contributed by atoms with E-state index in [0.29, 0.717) is 18.0 Å². The summed E-state index contributed by atoms with van der Waals surface area (Å²) in [7, 11) is 1.99. The lowest BCUT2D eigenvalue weighted by Gasteiger charge is -2.40. The summed E-state index contributed by atoms with van der Waals surface area (Å²) in [5.74, 6) is -3.25. The van der Waals surface area contributed by atoms with Gasteiger partial charge in [0.05, 0.1) is 12.0 Å². The van der Waals surface area contributed by atoms with Gasteiger partial charge in [-0.2, -0.15) is 0 Å². The second kappa shape index (κ2) is 22.1. The Bertz CT molecular complexity index is 1810. The zero-order chi connectivity index (χ0) is 42.5. The first-order valence-electron chi connectivity index (χ1n) is 20.9. The zero-order valence-electron chi connectivity index (χ0n) is 35.6. The van der Waals surface area contributed by atoms with E-state index >= 15 is 4.79 Å². The van der Waals surface area contributed by atoms with E-state index in [9.17, 15) is 24.3 Å². The molecule has 316 valence electrons. The highest BCUT2D eigenvalue weighted by Crippen LogP contribution is 2.34. The molecule has 7 atom stereocenters. The van der Waals surface area contributed by atoms with Gasteiger partial charge in [0.25, 0.3) is 5.91 Å². The summed E-state index contributed by atoms with van der Waals surface area (Å²) >= 11 is 1.20. The van der Waals surface area contributed by atoms with E-state index in [1.54, 1.807) is 12.3 Å². The van der Waals surface area contributed by atoms with Gasteiger partial charge in [-0.15, -0.1) is 11.3 Å². The third-order valence-electron chi connectivity index (χ3n) is 11.7. The number of aliphatic carboxylic acids is 1. The van der Waals surface area contributed by atoms with Gasteiger partial charge >= 0.3 is 11.9 Å². The van der Waals surface area contributed by atoms with Crippen molar-refractivity contribution in [3.63, 3.8) is 0 Å². The third-order valence-corrected chi connectivity index (χ3v) is 12.6. The number of carboxylic acid groups (broad SMARTS) is 1. The summed E-state index contributed by atoms with van der Waals surface area (Å²) in [5.41, 5.74) is 3.15. The Balaban J connectivity index is 1.64.